The molecule has 0 bridgehead atoms. The van der Waals surface area contributed by atoms with Crippen LogP contribution in [0.25, 0.3) is 11.5 Å². The molecule has 0 saturated carbocycles. The summed E-state index contributed by atoms with van der Waals surface area (Å²) in [5.41, 5.74) is 1.15. The normalized spacial score (nSPS) is 16.9. The lowest BCUT2D eigenvalue weighted by Crippen LogP contribution is -2.24. The zero-order chi connectivity index (χ0) is 19.0. The minimum Gasteiger partial charge on any atom is -0.338 e. The number of aromatic nitrogens is 2. The maximum Gasteiger partial charge on any atom is 0.258 e. The summed E-state index contributed by atoms with van der Waals surface area (Å²) in [5.74, 6) is -0.524. The van der Waals surface area contributed by atoms with Gasteiger partial charge in [0, 0.05) is 36.0 Å². The molecule has 8 heteroatoms. The van der Waals surface area contributed by atoms with E-state index in [1.54, 1.807) is 23.1 Å². The second-order valence-electron chi connectivity index (χ2n) is 6.38. The molecule has 0 spiro atoms. The van der Waals surface area contributed by atoms with Crippen LogP contribution >= 0.6 is 11.6 Å². The molecule has 5 nitrogen and oxygen atoms in total. The summed E-state index contributed by atoms with van der Waals surface area (Å²) in [5, 5.41) is 4.22. The maximum atomic E-state index is 13.4. The summed E-state index contributed by atoms with van der Waals surface area (Å²) in [7, 11) is 0. The first kappa shape index (κ1) is 17.6. The van der Waals surface area contributed by atoms with Gasteiger partial charge in [0.05, 0.1) is 0 Å². The molecule has 0 N–H and O–H groups in total. The number of amides is 1. The molecule has 1 aliphatic heterocycles. The Kier molecular flexibility index (Phi) is 4.61. The van der Waals surface area contributed by atoms with Gasteiger partial charge in [0.25, 0.3) is 5.89 Å². The van der Waals surface area contributed by atoms with Crippen molar-refractivity contribution in [3.05, 3.63) is 70.5 Å². The molecule has 138 valence electrons. The van der Waals surface area contributed by atoms with Crippen LogP contribution in [0.15, 0.2) is 47.0 Å². The first-order chi connectivity index (χ1) is 13.0. The summed E-state index contributed by atoms with van der Waals surface area (Å²) in [6, 6.07) is 9.96. The van der Waals surface area contributed by atoms with E-state index in [9.17, 15) is 13.6 Å². The van der Waals surface area contributed by atoms with Crippen LogP contribution in [0, 0.1) is 11.6 Å². The number of benzene rings is 2. The van der Waals surface area contributed by atoms with Crippen LogP contribution in [0.4, 0.5) is 8.78 Å². The minimum absolute atomic E-state index is 0.0718. The quantitative estimate of drug-likeness (QED) is 0.671. The SMILES string of the molecule is O=C1CC(c2noc(-c3cccc(F)c3)n2)CN1Cc1ccc(F)cc1Cl. The molecule has 1 aromatic heterocycles. The number of likely N-dealkylation sites (tertiary alicyclic amines) is 1. The van der Waals surface area contributed by atoms with Crippen molar-refractivity contribution in [3.8, 4) is 11.5 Å². The Morgan fingerprint density at radius 3 is 2.78 bits per heavy atom. The van der Waals surface area contributed by atoms with Gasteiger partial charge in [-0.15, -0.1) is 0 Å². The number of rotatable bonds is 4. The fourth-order valence-electron chi connectivity index (χ4n) is 3.09. The summed E-state index contributed by atoms with van der Waals surface area (Å²) >= 11 is 6.04. The highest BCUT2D eigenvalue weighted by Crippen LogP contribution is 2.30. The van der Waals surface area contributed by atoms with Gasteiger partial charge in [-0.2, -0.15) is 4.98 Å². The van der Waals surface area contributed by atoms with Gasteiger partial charge in [-0.3, -0.25) is 4.79 Å². The largest absolute Gasteiger partial charge is 0.338 e. The number of halogens is 3. The average Bonchev–Trinajstić information content (AvgIpc) is 3.25. The van der Waals surface area contributed by atoms with Gasteiger partial charge < -0.3 is 9.42 Å². The van der Waals surface area contributed by atoms with E-state index in [1.165, 1.54) is 24.3 Å². The molecule has 1 fully saturated rings. The van der Waals surface area contributed by atoms with Gasteiger partial charge in [-0.25, -0.2) is 8.78 Å². The standard InChI is InChI=1S/C19H14ClF2N3O2/c20-16-8-15(22)5-4-12(16)9-25-10-13(7-17(25)26)18-23-19(27-24-18)11-2-1-3-14(21)6-11/h1-6,8,13H,7,9-10H2. The Labute approximate surface area is 158 Å². The molecule has 1 saturated heterocycles. The number of hydrogen-bond donors (Lipinski definition) is 0. The molecular formula is C19H14ClF2N3O2. The second-order valence-corrected chi connectivity index (χ2v) is 6.79. The average molecular weight is 390 g/mol. The van der Waals surface area contributed by atoms with Gasteiger partial charge in [-0.05, 0) is 35.9 Å². The van der Waals surface area contributed by atoms with E-state index >= 15 is 0 Å². The lowest BCUT2D eigenvalue weighted by molar-refractivity contribution is -0.128. The predicted octanol–water partition coefficient (Wildman–Crippen LogP) is 4.18. The first-order valence-electron chi connectivity index (χ1n) is 8.31. The fourth-order valence-corrected chi connectivity index (χ4v) is 3.32. The molecule has 1 atom stereocenters. The van der Waals surface area contributed by atoms with Crippen LogP contribution in [-0.2, 0) is 11.3 Å². The smallest absolute Gasteiger partial charge is 0.258 e. The molecule has 27 heavy (non-hydrogen) atoms. The molecule has 0 radical (unpaired) electrons. The first-order valence-corrected chi connectivity index (χ1v) is 8.68. The van der Waals surface area contributed by atoms with E-state index in [4.69, 9.17) is 16.1 Å². The van der Waals surface area contributed by atoms with Gasteiger partial charge in [0.2, 0.25) is 5.91 Å². The molecule has 0 aliphatic carbocycles. The predicted molar refractivity (Wildman–Crippen MR) is 93.9 cm³/mol. The third-order valence-electron chi connectivity index (χ3n) is 4.47. The summed E-state index contributed by atoms with van der Waals surface area (Å²) in [6.07, 6.45) is 0.237. The minimum atomic E-state index is -0.425. The van der Waals surface area contributed by atoms with Crippen molar-refractivity contribution in [1.29, 1.82) is 0 Å². The van der Waals surface area contributed by atoms with Gasteiger partial charge >= 0.3 is 0 Å². The maximum absolute atomic E-state index is 13.4. The molecule has 2 heterocycles. The summed E-state index contributed by atoms with van der Waals surface area (Å²) in [4.78, 5) is 18.3. The van der Waals surface area contributed by atoms with E-state index in [0.29, 0.717) is 23.5 Å². The Balaban J connectivity index is 1.49. The Morgan fingerprint density at radius 1 is 1.19 bits per heavy atom. The van der Waals surface area contributed by atoms with Gasteiger partial charge in [0.1, 0.15) is 11.6 Å². The molecule has 4 rings (SSSR count). The number of hydrogen-bond acceptors (Lipinski definition) is 4. The zero-order valence-electron chi connectivity index (χ0n) is 14.0. The van der Waals surface area contributed by atoms with Crippen LogP contribution in [-0.4, -0.2) is 27.5 Å². The highest BCUT2D eigenvalue weighted by atomic mass is 35.5. The van der Waals surface area contributed by atoms with Crippen molar-refractivity contribution < 1.29 is 18.1 Å². The van der Waals surface area contributed by atoms with Crippen LogP contribution in [0.2, 0.25) is 5.02 Å². The number of carbonyl (C=O) groups excluding carboxylic acids is 1. The highest BCUT2D eigenvalue weighted by Gasteiger charge is 2.34. The fraction of sp³-hybridized carbons (Fsp3) is 0.211. The molecular weight excluding hydrogens is 376 g/mol. The molecule has 2 aromatic carbocycles. The number of nitrogens with zero attached hydrogens (tertiary/aromatic N) is 3. The summed E-state index contributed by atoms with van der Waals surface area (Å²) < 4.78 is 31.7. The third kappa shape index (κ3) is 3.68. The van der Waals surface area contributed by atoms with Crippen molar-refractivity contribution in [2.45, 2.75) is 18.9 Å². The van der Waals surface area contributed by atoms with Crippen LogP contribution in [0.3, 0.4) is 0 Å². The van der Waals surface area contributed by atoms with E-state index in [1.807, 2.05) is 0 Å². The Hall–Kier alpha value is -2.80. The van der Waals surface area contributed by atoms with Crippen molar-refractivity contribution >= 4 is 17.5 Å². The highest BCUT2D eigenvalue weighted by molar-refractivity contribution is 6.31. The van der Waals surface area contributed by atoms with Gasteiger partial charge in [0.15, 0.2) is 5.82 Å². The number of carbonyl (C=O) groups is 1. The van der Waals surface area contributed by atoms with E-state index < -0.39 is 11.6 Å². The molecule has 1 amide bonds. The van der Waals surface area contributed by atoms with Crippen molar-refractivity contribution in [1.82, 2.24) is 15.0 Å². The zero-order valence-corrected chi connectivity index (χ0v) is 14.8. The van der Waals surface area contributed by atoms with Gasteiger partial charge in [-0.1, -0.05) is 28.9 Å². The van der Waals surface area contributed by atoms with E-state index in [2.05, 4.69) is 10.1 Å². The Morgan fingerprint density at radius 2 is 2.00 bits per heavy atom. The molecule has 1 unspecified atom stereocenters. The van der Waals surface area contributed by atoms with Crippen molar-refractivity contribution in [2.24, 2.45) is 0 Å². The van der Waals surface area contributed by atoms with Crippen molar-refractivity contribution in [2.75, 3.05) is 6.54 Å². The lowest BCUT2D eigenvalue weighted by atomic mass is 10.1. The lowest BCUT2D eigenvalue weighted by Gasteiger charge is -2.17. The molecule has 3 aromatic rings. The van der Waals surface area contributed by atoms with Crippen molar-refractivity contribution in [3.63, 3.8) is 0 Å². The monoisotopic (exact) mass is 389 g/mol. The van der Waals surface area contributed by atoms with E-state index in [0.717, 1.165) is 0 Å². The van der Waals surface area contributed by atoms with Crippen LogP contribution < -0.4 is 0 Å². The van der Waals surface area contributed by atoms with Crippen LogP contribution in [0.5, 0.6) is 0 Å². The summed E-state index contributed by atoms with van der Waals surface area (Å²) in [6.45, 7) is 0.678. The van der Waals surface area contributed by atoms with Crippen LogP contribution in [0.1, 0.15) is 23.7 Å². The third-order valence-corrected chi connectivity index (χ3v) is 4.82. The Bertz CT molecular complexity index is 1010. The topological polar surface area (TPSA) is 59.2 Å². The second kappa shape index (κ2) is 7.08. The van der Waals surface area contributed by atoms with E-state index in [-0.39, 0.29) is 35.7 Å². The molecule has 1 aliphatic rings.